The third-order valence-electron chi connectivity index (χ3n) is 6.60. The molecule has 4 rings (SSSR count). The van der Waals surface area contributed by atoms with Gasteiger partial charge in [-0.15, -0.1) is 11.8 Å². The van der Waals surface area contributed by atoms with Gasteiger partial charge in [0.15, 0.2) is 11.5 Å². The van der Waals surface area contributed by atoms with Gasteiger partial charge in [-0.25, -0.2) is 4.39 Å². The molecule has 2 aromatic rings. The van der Waals surface area contributed by atoms with Crippen LogP contribution < -0.4 is 14.8 Å². The van der Waals surface area contributed by atoms with Crippen LogP contribution in [0, 0.1) is 11.7 Å². The van der Waals surface area contributed by atoms with Gasteiger partial charge in [-0.1, -0.05) is 18.2 Å². The number of ether oxygens (including phenoxy) is 2. The van der Waals surface area contributed by atoms with Gasteiger partial charge in [0.2, 0.25) is 5.91 Å². The Balaban J connectivity index is 1.40. The Morgan fingerprint density at radius 2 is 1.97 bits per heavy atom. The second kappa shape index (κ2) is 11.2. The molecule has 2 aromatic carbocycles. The van der Waals surface area contributed by atoms with Gasteiger partial charge < -0.3 is 19.7 Å². The number of thioether (sulfide) groups is 1. The number of fused-ring (bicyclic) bond motifs is 1. The van der Waals surface area contributed by atoms with Crippen LogP contribution in [0.4, 0.5) is 4.39 Å². The second-order valence-corrected chi connectivity index (χ2v) is 10.1. The number of rotatable bonds is 7. The summed E-state index contributed by atoms with van der Waals surface area (Å²) in [5.41, 5.74) is 1.73. The zero-order chi connectivity index (χ0) is 24.9. The molecule has 1 heterocycles. The lowest BCUT2D eigenvalue weighted by molar-refractivity contribution is -0.132. The second-order valence-electron chi connectivity index (χ2n) is 8.85. The molecule has 0 radical (unpaired) electrons. The van der Waals surface area contributed by atoms with Gasteiger partial charge in [-0.3, -0.25) is 9.59 Å². The molecule has 8 heteroatoms. The molecule has 0 bridgehead atoms. The van der Waals surface area contributed by atoms with Crippen molar-refractivity contribution in [3.63, 3.8) is 0 Å². The first-order chi connectivity index (χ1) is 16.9. The number of nitrogens with zero attached hydrogens (tertiary/aromatic N) is 1. The molecular weight excluding hydrogens is 467 g/mol. The molecule has 6 nitrogen and oxygen atoms in total. The Morgan fingerprint density at radius 1 is 1.20 bits per heavy atom. The number of benzene rings is 2. The van der Waals surface area contributed by atoms with Crippen LogP contribution in [0.15, 0.2) is 47.4 Å². The van der Waals surface area contributed by atoms with Crippen molar-refractivity contribution < 1.29 is 23.5 Å². The highest BCUT2D eigenvalue weighted by Crippen LogP contribution is 2.43. The molecule has 3 atom stereocenters. The molecule has 1 saturated carbocycles. The lowest BCUT2D eigenvalue weighted by Crippen LogP contribution is -2.52. The first-order valence-corrected chi connectivity index (χ1v) is 12.8. The van der Waals surface area contributed by atoms with Crippen LogP contribution >= 0.6 is 11.8 Å². The maximum atomic E-state index is 13.2. The molecule has 1 N–H and O–H groups in total. The van der Waals surface area contributed by atoms with Crippen molar-refractivity contribution in [1.29, 1.82) is 0 Å². The van der Waals surface area contributed by atoms with Crippen molar-refractivity contribution in [2.24, 2.45) is 5.92 Å². The van der Waals surface area contributed by atoms with E-state index in [0.29, 0.717) is 36.0 Å². The smallest absolute Gasteiger partial charge is 0.260 e. The number of carbonyl (C=O) groups is 2. The minimum Gasteiger partial charge on any atom is -0.493 e. The summed E-state index contributed by atoms with van der Waals surface area (Å²) < 4.78 is 24.1. The predicted molar refractivity (Wildman–Crippen MR) is 136 cm³/mol. The highest BCUT2D eigenvalue weighted by molar-refractivity contribution is 8.04. The largest absolute Gasteiger partial charge is 0.493 e. The standard InChI is InChI=1S/C27H31FN2O4S/c1-4-34-22-11-7-18(13-23(22)33-3)14-25-27(32)30(2)21-15-19(8-12-24(21)35-25)26(31)29-16-17-5-9-20(28)10-6-17/h5-7,9-11,13-14,19,21,24H,4,8,12,15-16H2,1-3H3,(H,29,31)/b25-14+. The zero-order valence-electron chi connectivity index (χ0n) is 20.3. The molecule has 3 unspecified atom stereocenters. The summed E-state index contributed by atoms with van der Waals surface area (Å²) in [4.78, 5) is 28.5. The van der Waals surface area contributed by atoms with Gasteiger partial charge >= 0.3 is 0 Å². The van der Waals surface area contributed by atoms with E-state index in [-0.39, 0.29) is 34.8 Å². The molecule has 2 amide bonds. The number of hydrogen-bond acceptors (Lipinski definition) is 5. The van der Waals surface area contributed by atoms with Crippen molar-refractivity contribution in [3.05, 3.63) is 64.3 Å². The Kier molecular flexibility index (Phi) is 8.00. The van der Waals surface area contributed by atoms with Gasteiger partial charge in [0, 0.05) is 30.8 Å². The van der Waals surface area contributed by atoms with Crippen molar-refractivity contribution in [2.45, 2.75) is 44.0 Å². The first kappa shape index (κ1) is 25.1. The van der Waals surface area contributed by atoms with Crippen molar-refractivity contribution >= 4 is 29.7 Å². The summed E-state index contributed by atoms with van der Waals surface area (Å²) in [6, 6.07) is 11.8. The Bertz CT molecular complexity index is 1100. The molecular formula is C27H31FN2O4S. The highest BCUT2D eigenvalue weighted by Gasteiger charge is 2.42. The first-order valence-electron chi connectivity index (χ1n) is 11.9. The van der Waals surface area contributed by atoms with E-state index >= 15 is 0 Å². The summed E-state index contributed by atoms with van der Waals surface area (Å²) in [5.74, 6) is 0.822. The summed E-state index contributed by atoms with van der Waals surface area (Å²) in [6.45, 7) is 2.83. The molecule has 1 aliphatic carbocycles. The third-order valence-corrected chi connectivity index (χ3v) is 8.00. The van der Waals surface area contributed by atoms with Crippen molar-refractivity contribution in [2.75, 3.05) is 20.8 Å². The fourth-order valence-corrected chi connectivity index (χ4v) is 6.15. The minimum absolute atomic E-state index is 0.00911. The SMILES string of the molecule is CCOc1ccc(/C=C2/SC3CCC(C(=O)NCc4ccc(F)cc4)CC3N(C)C2=O)cc1OC. The van der Waals surface area contributed by atoms with Crippen LogP contribution in [-0.4, -0.2) is 48.8 Å². The average molecular weight is 499 g/mol. The van der Waals surface area contributed by atoms with Crippen LogP contribution in [0.5, 0.6) is 11.5 Å². The minimum atomic E-state index is -0.295. The normalized spacial score (nSPS) is 23.1. The van der Waals surface area contributed by atoms with E-state index in [1.165, 1.54) is 12.1 Å². The number of methoxy groups -OCH3 is 1. The van der Waals surface area contributed by atoms with Gasteiger partial charge in [0.05, 0.1) is 18.6 Å². The molecule has 0 aromatic heterocycles. The van der Waals surface area contributed by atoms with Crippen LogP contribution in [0.2, 0.25) is 0 Å². The van der Waals surface area contributed by atoms with E-state index in [2.05, 4.69) is 5.32 Å². The number of likely N-dealkylation sites (N-methyl/N-ethyl adjacent to an activating group) is 1. The maximum Gasteiger partial charge on any atom is 0.260 e. The molecule has 1 saturated heterocycles. The summed E-state index contributed by atoms with van der Waals surface area (Å²) in [5, 5.41) is 3.22. The topological polar surface area (TPSA) is 67.9 Å². The molecule has 0 spiro atoms. The average Bonchev–Trinajstić information content (AvgIpc) is 2.87. The van der Waals surface area contributed by atoms with Crippen molar-refractivity contribution in [3.8, 4) is 11.5 Å². The highest BCUT2D eigenvalue weighted by atomic mass is 32.2. The van der Waals surface area contributed by atoms with E-state index < -0.39 is 0 Å². The fourth-order valence-electron chi connectivity index (χ4n) is 4.67. The van der Waals surface area contributed by atoms with Crippen LogP contribution in [-0.2, 0) is 16.1 Å². The number of amides is 2. The van der Waals surface area contributed by atoms with Gasteiger partial charge in [-0.05, 0) is 67.7 Å². The molecule has 1 aliphatic heterocycles. The van der Waals surface area contributed by atoms with E-state index in [1.54, 1.807) is 35.9 Å². The predicted octanol–water partition coefficient (Wildman–Crippen LogP) is 4.63. The molecule has 186 valence electrons. The summed E-state index contributed by atoms with van der Waals surface area (Å²) in [6.07, 6.45) is 4.17. The lowest BCUT2D eigenvalue weighted by Gasteiger charge is -2.44. The zero-order valence-corrected chi connectivity index (χ0v) is 21.1. The van der Waals surface area contributed by atoms with E-state index in [4.69, 9.17) is 9.47 Å². The van der Waals surface area contributed by atoms with Gasteiger partial charge in [0.1, 0.15) is 5.82 Å². The van der Waals surface area contributed by atoms with Crippen molar-refractivity contribution in [1.82, 2.24) is 10.2 Å². The Morgan fingerprint density at radius 3 is 2.69 bits per heavy atom. The van der Waals surface area contributed by atoms with Gasteiger partial charge in [0.25, 0.3) is 5.91 Å². The van der Waals surface area contributed by atoms with E-state index in [9.17, 15) is 14.0 Å². The number of hydrogen-bond donors (Lipinski definition) is 1. The van der Waals surface area contributed by atoms with Crippen LogP contribution in [0.3, 0.4) is 0 Å². The Hall–Kier alpha value is -3.00. The van der Waals surface area contributed by atoms with Crippen LogP contribution in [0.25, 0.3) is 6.08 Å². The third kappa shape index (κ3) is 5.81. The lowest BCUT2D eigenvalue weighted by atomic mass is 9.83. The van der Waals surface area contributed by atoms with Crippen LogP contribution in [0.1, 0.15) is 37.3 Å². The molecule has 2 aliphatic rings. The number of carbonyl (C=O) groups excluding carboxylic acids is 2. The maximum absolute atomic E-state index is 13.2. The van der Waals surface area contributed by atoms with E-state index in [1.807, 2.05) is 38.2 Å². The number of nitrogens with one attached hydrogen (secondary N) is 1. The van der Waals surface area contributed by atoms with Gasteiger partial charge in [-0.2, -0.15) is 0 Å². The molecule has 2 fully saturated rings. The summed E-state index contributed by atoms with van der Waals surface area (Å²) >= 11 is 1.61. The Labute approximate surface area is 209 Å². The summed E-state index contributed by atoms with van der Waals surface area (Å²) in [7, 11) is 3.42. The fraction of sp³-hybridized carbons (Fsp3) is 0.407. The monoisotopic (exact) mass is 498 g/mol. The quantitative estimate of drug-likeness (QED) is 0.564. The molecule has 35 heavy (non-hydrogen) atoms. The number of halogens is 1. The van der Waals surface area contributed by atoms with E-state index in [0.717, 1.165) is 24.0 Å².